The Kier molecular flexibility index (Phi) is 6.64. The number of hydrogen-bond acceptors (Lipinski definition) is 2. The van der Waals surface area contributed by atoms with Crippen molar-refractivity contribution in [2.24, 2.45) is 0 Å². The minimum absolute atomic E-state index is 0.231. The van der Waals surface area contributed by atoms with Crippen LogP contribution in [0.3, 0.4) is 0 Å². The highest BCUT2D eigenvalue weighted by Crippen LogP contribution is 2.27. The molecule has 25 heavy (non-hydrogen) atoms. The quantitative estimate of drug-likeness (QED) is 0.801. The molecule has 0 aliphatic carbocycles. The van der Waals surface area contributed by atoms with E-state index in [0.717, 1.165) is 4.90 Å². The molecule has 1 amide bonds. The SMILES string of the molecule is COc1ccc(Cl)cc1NC(=O)[C@H](C)[NH+](C)Cc1c(F)cccc1Cl. The maximum Gasteiger partial charge on any atom is 0.282 e. The van der Waals surface area contributed by atoms with Crippen molar-refractivity contribution in [2.75, 3.05) is 19.5 Å². The van der Waals surface area contributed by atoms with Crippen molar-refractivity contribution in [1.82, 2.24) is 0 Å². The van der Waals surface area contributed by atoms with Crippen LogP contribution in [-0.4, -0.2) is 26.1 Å². The molecule has 0 aromatic heterocycles. The lowest BCUT2D eigenvalue weighted by molar-refractivity contribution is -0.908. The van der Waals surface area contributed by atoms with Crippen LogP contribution in [0.4, 0.5) is 10.1 Å². The average molecular weight is 386 g/mol. The molecule has 0 heterocycles. The molecule has 0 spiro atoms. The molecule has 0 aliphatic rings. The van der Waals surface area contributed by atoms with E-state index in [1.807, 2.05) is 7.05 Å². The molecule has 0 aliphatic heterocycles. The molecule has 2 atom stereocenters. The van der Waals surface area contributed by atoms with Gasteiger partial charge in [-0.3, -0.25) is 4.79 Å². The second kappa shape index (κ2) is 8.52. The van der Waals surface area contributed by atoms with Gasteiger partial charge in [0.25, 0.3) is 5.91 Å². The van der Waals surface area contributed by atoms with Gasteiger partial charge in [-0.1, -0.05) is 29.3 Å². The number of anilines is 1. The first-order valence-electron chi connectivity index (χ1n) is 7.73. The fraction of sp³-hybridized carbons (Fsp3) is 0.278. The number of carbonyl (C=O) groups is 1. The zero-order valence-electron chi connectivity index (χ0n) is 14.2. The van der Waals surface area contributed by atoms with E-state index in [-0.39, 0.29) is 18.3 Å². The topological polar surface area (TPSA) is 42.8 Å². The molecular formula is C18H20Cl2FN2O2+. The van der Waals surface area contributed by atoms with Crippen LogP contribution in [0.2, 0.25) is 10.0 Å². The Morgan fingerprint density at radius 3 is 2.68 bits per heavy atom. The molecule has 2 aromatic carbocycles. The molecular weight excluding hydrogens is 366 g/mol. The van der Waals surface area contributed by atoms with Crippen molar-refractivity contribution in [3.8, 4) is 5.75 Å². The zero-order valence-corrected chi connectivity index (χ0v) is 15.7. The summed E-state index contributed by atoms with van der Waals surface area (Å²) in [5, 5.41) is 3.64. The Hall–Kier alpha value is -1.82. The Bertz CT molecular complexity index is 750. The lowest BCUT2D eigenvalue weighted by Gasteiger charge is -2.22. The number of quaternary nitrogens is 1. The molecule has 4 nitrogen and oxygen atoms in total. The maximum atomic E-state index is 13.9. The number of ether oxygens (including phenoxy) is 1. The Morgan fingerprint density at radius 1 is 1.32 bits per heavy atom. The zero-order chi connectivity index (χ0) is 18.6. The van der Waals surface area contributed by atoms with Crippen LogP contribution < -0.4 is 15.0 Å². The fourth-order valence-corrected chi connectivity index (χ4v) is 2.78. The third-order valence-electron chi connectivity index (χ3n) is 4.07. The molecule has 0 radical (unpaired) electrons. The van der Waals surface area contributed by atoms with E-state index in [2.05, 4.69) is 5.32 Å². The molecule has 2 N–H and O–H groups in total. The van der Waals surface area contributed by atoms with E-state index in [4.69, 9.17) is 27.9 Å². The summed E-state index contributed by atoms with van der Waals surface area (Å²) >= 11 is 12.0. The summed E-state index contributed by atoms with van der Waals surface area (Å²) < 4.78 is 19.2. The molecule has 7 heteroatoms. The molecule has 2 rings (SSSR count). The fourth-order valence-electron chi connectivity index (χ4n) is 2.38. The van der Waals surface area contributed by atoms with Crippen LogP contribution in [0.1, 0.15) is 12.5 Å². The highest BCUT2D eigenvalue weighted by Gasteiger charge is 2.24. The molecule has 0 bridgehead atoms. The molecule has 0 fully saturated rings. The van der Waals surface area contributed by atoms with Gasteiger partial charge in [-0.2, -0.15) is 0 Å². The van der Waals surface area contributed by atoms with Crippen molar-refractivity contribution < 1.29 is 18.8 Å². The van der Waals surface area contributed by atoms with Gasteiger partial charge in [0.05, 0.1) is 30.4 Å². The number of hydrogen-bond donors (Lipinski definition) is 2. The third-order valence-corrected chi connectivity index (χ3v) is 4.66. The number of amides is 1. The summed E-state index contributed by atoms with van der Waals surface area (Å²) in [5.74, 6) is -0.0961. The van der Waals surface area contributed by atoms with Crippen LogP contribution in [0.5, 0.6) is 5.75 Å². The van der Waals surface area contributed by atoms with E-state index < -0.39 is 6.04 Å². The first kappa shape index (κ1) is 19.5. The predicted octanol–water partition coefficient (Wildman–Crippen LogP) is 3.18. The van der Waals surface area contributed by atoms with Gasteiger partial charge in [0, 0.05) is 5.02 Å². The predicted molar refractivity (Wildman–Crippen MR) is 98.1 cm³/mol. The van der Waals surface area contributed by atoms with E-state index in [0.29, 0.717) is 27.0 Å². The Morgan fingerprint density at radius 2 is 2.04 bits per heavy atom. The van der Waals surface area contributed by atoms with Crippen molar-refractivity contribution in [3.05, 3.63) is 57.8 Å². The van der Waals surface area contributed by atoms with Gasteiger partial charge in [-0.25, -0.2) is 4.39 Å². The lowest BCUT2D eigenvalue weighted by Crippen LogP contribution is -3.12. The normalized spacial score (nSPS) is 13.2. The van der Waals surface area contributed by atoms with Gasteiger partial charge in [0.15, 0.2) is 6.04 Å². The Labute approximate surface area is 156 Å². The number of likely N-dealkylation sites (N-methyl/N-ethyl adjacent to an activating group) is 1. The number of rotatable bonds is 6. The summed E-state index contributed by atoms with van der Waals surface area (Å²) in [4.78, 5) is 13.3. The van der Waals surface area contributed by atoms with Crippen LogP contribution in [0.25, 0.3) is 0 Å². The largest absolute Gasteiger partial charge is 0.495 e. The monoisotopic (exact) mass is 385 g/mol. The van der Waals surface area contributed by atoms with E-state index >= 15 is 0 Å². The van der Waals surface area contributed by atoms with Gasteiger partial charge >= 0.3 is 0 Å². The molecule has 0 saturated carbocycles. The smallest absolute Gasteiger partial charge is 0.282 e. The van der Waals surface area contributed by atoms with Gasteiger partial charge in [-0.05, 0) is 37.3 Å². The summed E-state index contributed by atoms with van der Waals surface area (Å²) in [5.41, 5.74) is 0.880. The highest BCUT2D eigenvalue weighted by atomic mass is 35.5. The van der Waals surface area contributed by atoms with Gasteiger partial charge in [-0.15, -0.1) is 0 Å². The lowest BCUT2D eigenvalue weighted by atomic mass is 10.1. The first-order chi connectivity index (χ1) is 11.8. The van der Waals surface area contributed by atoms with E-state index in [9.17, 15) is 9.18 Å². The van der Waals surface area contributed by atoms with Crippen molar-refractivity contribution in [1.29, 1.82) is 0 Å². The summed E-state index contributed by atoms with van der Waals surface area (Å²) in [6, 6.07) is 9.08. The maximum absolute atomic E-state index is 13.9. The minimum atomic E-state index is -0.445. The van der Waals surface area contributed by atoms with Crippen molar-refractivity contribution in [3.63, 3.8) is 0 Å². The van der Waals surface area contributed by atoms with Crippen molar-refractivity contribution >= 4 is 34.8 Å². The second-order valence-electron chi connectivity index (χ2n) is 5.78. The summed E-state index contributed by atoms with van der Waals surface area (Å²) in [6.45, 7) is 2.04. The third kappa shape index (κ3) is 4.84. The van der Waals surface area contributed by atoms with Crippen LogP contribution in [0.15, 0.2) is 36.4 Å². The minimum Gasteiger partial charge on any atom is -0.495 e. The van der Waals surface area contributed by atoms with Gasteiger partial charge < -0.3 is 15.0 Å². The summed E-state index contributed by atoms with van der Waals surface area (Å²) in [6.07, 6.45) is 0. The average Bonchev–Trinajstić information content (AvgIpc) is 2.57. The number of halogens is 3. The Balaban J connectivity index is 2.10. The standard InChI is InChI=1S/C18H19Cl2FN2O2/c1-11(23(2)10-13-14(20)5-4-6-15(13)21)18(24)22-16-9-12(19)7-8-17(16)25-3/h4-9,11H,10H2,1-3H3,(H,22,24)/p+1/t11-/m0/s1. The second-order valence-corrected chi connectivity index (χ2v) is 6.62. The highest BCUT2D eigenvalue weighted by molar-refractivity contribution is 6.31. The number of nitrogens with one attached hydrogen (secondary N) is 2. The number of methoxy groups -OCH3 is 1. The van der Waals surface area contributed by atoms with Crippen molar-refractivity contribution in [2.45, 2.75) is 19.5 Å². The summed E-state index contributed by atoms with van der Waals surface area (Å²) in [7, 11) is 3.32. The number of benzene rings is 2. The first-order valence-corrected chi connectivity index (χ1v) is 8.48. The van der Waals surface area contributed by atoms with E-state index in [1.54, 1.807) is 37.3 Å². The molecule has 0 saturated heterocycles. The molecule has 2 aromatic rings. The molecule has 1 unspecified atom stereocenters. The van der Waals surface area contributed by atoms with Crippen LogP contribution in [0, 0.1) is 5.82 Å². The number of carbonyl (C=O) groups excluding carboxylic acids is 1. The van der Waals surface area contributed by atoms with Gasteiger partial charge in [0.2, 0.25) is 0 Å². The van der Waals surface area contributed by atoms with Crippen LogP contribution in [-0.2, 0) is 11.3 Å². The molecule has 134 valence electrons. The van der Waals surface area contributed by atoms with Gasteiger partial charge in [0.1, 0.15) is 18.1 Å². The van der Waals surface area contributed by atoms with Crippen LogP contribution >= 0.6 is 23.2 Å². The van der Waals surface area contributed by atoms with E-state index in [1.165, 1.54) is 13.2 Å².